The first-order valence-electron chi connectivity index (χ1n) is 6.88. The number of ether oxygens (including phenoxy) is 1. The van der Waals surface area contributed by atoms with Gasteiger partial charge in [0.15, 0.2) is 5.75 Å². The Morgan fingerprint density at radius 3 is 2.67 bits per heavy atom. The van der Waals surface area contributed by atoms with Gasteiger partial charge in [0, 0.05) is 16.7 Å². The summed E-state index contributed by atoms with van der Waals surface area (Å²) in [6.07, 6.45) is 1.48. The molecule has 0 aliphatic carbocycles. The number of benzene rings is 2. The second-order valence-electron chi connectivity index (χ2n) is 4.78. The molecule has 1 N–H and O–H groups in total. The monoisotopic (exact) mass is 347 g/mol. The third kappa shape index (κ3) is 4.79. The molecule has 2 rings (SSSR count). The number of hydrazone groups is 1. The summed E-state index contributed by atoms with van der Waals surface area (Å²) in [6.45, 7) is 0. The van der Waals surface area contributed by atoms with Crippen molar-refractivity contribution in [1.29, 1.82) is 0 Å². The molecule has 0 aliphatic rings. The highest BCUT2D eigenvalue weighted by Gasteiger charge is 2.14. The maximum absolute atomic E-state index is 11.8. The summed E-state index contributed by atoms with van der Waals surface area (Å²) in [5.74, 6) is -0.152. The second-order valence-corrected chi connectivity index (χ2v) is 5.22. The van der Waals surface area contributed by atoms with Gasteiger partial charge in [-0.2, -0.15) is 5.10 Å². The van der Waals surface area contributed by atoms with Crippen LogP contribution >= 0.6 is 11.6 Å². The van der Waals surface area contributed by atoms with E-state index in [9.17, 15) is 14.9 Å². The van der Waals surface area contributed by atoms with E-state index in [4.69, 9.17) is 16.3 Å². The van der Waals surface area contributed by atoms with E-state index in [2.05, 4.69) is 10.5 Å². The van der Waals surface area contributed by atoms with Crippen LogP contribution in [0, 0.1) is 10.1 Å². The number of amides is 1. The molecule has 7 nitrogen and oxygen atoms in total. The summed E-state index contributed by atoms with van der Waals surface area (Å²) in [4.78, 5) is 22.2. The standard InChI is InChI=1S/C16H14ClN3O4/c1-24-15-7-4-12(8-14(15)20(22)23)10-18-19-16(21)9-11-2-5-13(17)6-3-11/h2-8,10H,9H2,1H3,(H,19,21)/b18-10-. The molecular weight excluding hydrogens is 334 g/mol. The van der Waals surface area contributed by atoms with E-state index < -0.39 is 4.92 Å². The molecule has 24 heavy (non-hydrogen) atoms. The van der Waals surface area contributed by atoms with Crippen LogP contribution in [-0.4, -0.2) is 24.2 Å². The van der Waals surface area contributed by atoms with E-state index in [0.29, 0.717) is 10.6 Å². The van der Waals surface area contributed by atoms with E-state index in [1.807, 2.05) is 0 Å². The van der Waals surface area contributed by atoms with E-state index in [-0.39, 0.29) is 23.8 Å². The smallest absolute Gasteiger partial charge is 0.311 e. The predicted octanol–water partition coefficient (Wildman–Crippen LogP) is 2.95. The predicted molar refractivity (Wildman–Crippen MR) is 90.5 cm³/mol. The van der Waals surface area contributed by atoms with Crippen molar-refractivity contribution in [3.63, 3.8) is 0 Å². The molecule has 124 valence electrons. The van der Waals surface area contributed by atoms with Crippen LogP contribution in [0.2, 0.25) is 5.02 Å². The van der Waals surface area contributed by atoms with Crippen LogP contribution in [0.3, 0.4) is 0 Å². The minimum atomic E-state index is -0.546. The highest BCUT2D eigenvalue weighted by atomic mass is 35.5. The summed E-state index contributed by atoms with van der Waals surface area (Å²) in [7, 11) is 1.35. The summed E-state index contributed by atoms with van der Waals surface area (Å²) in [5, 5.41) is 15.3. The van der Waals surface area contributed by atoms with Gasteiger partial charge in [-0.25, -0.2) is 5.43 Å². The third-order valence-electron chi connectivity index (χ3n) is 3.08. The van der Waals surface area contributed by atoms with Crippen molar-refractivity contribution in [2.24, 2.45) is 5.10 Å². The second kappa shape index (κ2) is 8.07. The van der Waals surface area contributed by atoms with Gasteiger partial charge < -0.3 is 4.74 Å². The third-order valence-corrected chi connectivity index (χ3v) is 3.33. The molecule has 0 aromatic heterocycles. The highest BCUT2D eigenvalue weighted by molar-refractivity contribution is 6.30. The highest BCUT2D eigenvalue weighted by Crippen LogP contribution is 2.26. The van der Waals surface area contributed by atoms with E-state index in [0.717, 1.165) is 5.56 Å². The Labute approximate surface area is 143 Å². The lowest BCUT2D eigenvalue weighted by Gasteiger charge is -2.02. The SMILES string of the molecule is COc1ccc(/C=N\NC(=O)Cc2ccc(Cl)cc2)cc1[N+](=O)[O-]. The lowest BCUT2D eigenvalue weighted by molar-refractivity contribution is -0.385. The molecule has 0 aliphatic heterocycles. The topological polar surface area (TPSA) is 93.8 Å². The van der Waals surface area contributed by atoms with Crippen LogP contribution in [0.1, 0.15) is 11.1 Å². The molecule has 0 spiro atoms. The van der Waals surface area contributed by atoms with Crippen LogP contribution in [0.4, 0.5) is 5.69 Å². The van der Waals surface area contributed by atoms with Gasteiger partial charge in [-0.15, -0.1) is 0 Å². The lowest BCUT2D eigenvalue weighted by atomic mass is 10.1. The Morgan fingerprint density at radius 2 is 2.04 bits per heavy atom. The summed E-state index contributed by atoms with van der Waals surface area (Å²) >= 11 is 5.78. The van der Waals surface area contributed by atoms with Gasteiger partial charge in [-0.05, 0) is 29.8 Å². The van der Waals surface area contributed by atoms with Crippen molar-refractivity contribution >= 4 is 29.4 Å². The van der Waals surface area contributed by atoms with Gasteiger partial charge in [0.05, 0.1) is 24.7 Å². The number of halogens is 1. The van der Waals surface area contributed by atoms with Crippen LogP contribution in [0.25, 0.3) is 0 Å². The average Bonchev–Trinajstić information content (AvgIpc) is 2.56. The average molecular weight is 348 g/mol. The fraction of sp³-hybridized carbons (Fsp3) is 0.125. The minimum absolute atomic E-state index is 0.150. The molecule has 0 atom stereocenters. The number of methoxy groups -OCH3 is 1. The number of hydrogen-bond donors (Lipinski definition) is 1. The van der Waals surface area contributed by atoms with Crippen molar-refractivity contribution in [2.75, 3.05) is 7.11 Å². The van der Waals surface area contributed by atoms with Crippen LogP contribution < -0.4 is 10.2 Å². The van der Waals surface area contributed by atoms with Crippen LogP contribution in [-0.2, 0) is 11.2 Å². The molecule has 0 radical (unpaired) electrons. The number of rotatable bonds is 6. The molecule has 2 aromatic carbocycles. The quantitative estimate of drug-likeness (QED) is 0.494. The molecule has 8 heteroatoms. The molecule has 2 aromatic rings. The van der Waals surface area contributed by atoms with Gasteiger partial charge in [0.1, 0.15) is 0 Å². The Hall–Kier alpha value is -2.93. The molecular formula is C16H14ClN3O4. The number of carbonyl (C=O) groups excluding carboxylic acids is 1. The fourth-order valence-electron chi connectivity index (χ4n) is 1.94. The van der Waals surface area contributed by atoms with Crippen molar-refractivity contribution in [3.05, 3.63) is 68.7 Å². The molecule has 0 bridgehead atoms. The summed E-state index contributed by atoms with van der Waals surface area (Å²) in [6, 6.07) is 11.3. The minimum Gasteiger partial charge on any atom is -0.490 e. The Morgan fingerprint density at radius 1 is 1.33 bits per heavy atom. The van der Waals surface area contributed by atoms with Crippen molar-refractivity contribution in [2.45, 2.75) is 6.42 Å². The zero-order valence-electron chi connectivity index (χ0n) is 12.7. The lowest BCUT2D eigenvalue weighted by Crippen LogP contribution is -2.19. The number of nitrogens with one attached hydrogen (secondary N) is 1. The molecule has 1 amide bonds. The van der Waals surface area contributed by atoms with Crippen molar-refractivity contribution in [3.8, 4) is 5.75 Å². The van der Waals surface area contributed by atoms with Gasteiger partial charge >= 0.3 is 5.69 Å². The van der Waals surface area contributed by atoms with Gasteiger partial charge in [-0.1, -0.05) is 23.7 Å². The summed E-state index contributed by atoms with van der Waals surface area (Å²) < 4.78 is 4.91. The Balaban J connectivity index is 1.98. The number of nitro groups is 1. The Bertz CT molecular complexity index is 775. The molecule has 0 unspecified atom stereocenters. The van der Waals surface area contributed by atoms with Crippen LogP contribution in [0.5, 0.6) is 5.75 Å². The first kappa shape index (κ1) is 17.4. The molecule has 0 heterocycles. The maximum atomic E-state index is 11.8. The number of carbonyl (C=O) groups is 1. The first-order valence-corrected chi connectivity index (χ1v) is 7.26. The number of hydrogen-bond acceptors (Lipinski definition) is 5. The Kier molecular flexibility index (Phi) is 5.86. The van der Waals surface area contributed by atoms with Gasteiger partial charge in [-0.3, -0.25) is 14.9 Å². The molecule has 0 saturated heterocycles. The first-order chi connectivity index (χ1) is 11.5. The molecule has 0 saturated carbocycles. The fourth-order valence-corrected chi connectivity index (χ4v) is 2.06. The molecule has 0 fully saturated rings. The van der Waals surface area contributed by atoms with Gasteiger partial charge in [0.2, 0.25) is 5.91 Å². The zero-order valence-corrected chi connectivity index (χ0v) is 13.5. The van der Waals surface area contributed by atoms with E-state index in [1.165, 1.54) is 25.5 Å². The zero-order chi connectivity index (χ0) is 17.5. The largest absolute Gasteiger partial charge is 0.490 e. The maximum Gasteiger partial charge on any atom is 0.311 e. The van der Waals surface area contributed by atoms with Crippen molar-refractivity contribution in [1.82, 2.24) is 5.43 Å². The number of nitro benzene ring substituents is 1. The van der Waals surface area contributed by atoms with E-state index >= 15 is 0 Å². The van der Waals surface area contributed by atoms with Gasteiger partial charge in [0.25, 0.3) is 0 Å². The van der Waals surface area contributed by atoms with E-state index in [1.54, 1.807) is 30.3 Å². The van der Waals surface area contributed by atoms with Crippen molar-refractivity contribution < 1.29 is 14.5 Å². The summed E-state index contributed by atoms with van der Waals surface area (Å²) in [5.41, 5.74) is 3.46. The normalized spacial score (nSPS) is 10.6. The van der Waals surface area contributed by atoms with Crippen LogP contribution in [0.15, 0.2) is 47.6 Å². The number of nitrogens with zero attached hydrogens (tertiary/aromatic N) is 2.